The number of amides is 1. The molecular formula is C31H30Cl2N4O3S. The number of nitrogens with zero attached hydrogens (tertiary/aromatic N) is 2. The van der Waals surface area contributed by atoms with Gasteiger partial charge in [-0.25, -0.2) is 8.42 Å². The quantitative estimate of drug-likeness (QED) is 0.231. The molecule has 2 N–H and O–H groups in total. The molecule has 1 aliphatic heterocycles. The standard InChI is InChI=1S/C31H30Cl2N4O3S/c32-28-7-4-8-29(30(28)33)35-41(39,40)27-15-13-26(14-16-27)34-31(38)25-11-9-24(10-12-25)22-37-19-17-36(18-20-37)21-23-5-2-1-3-6-23/h1-16,35H,17-22H2,(H,34,38). The van der Waals surface area contributed by atoms with Gasteiger partial charge in [0.2, 0.25) is 0 Å². The molecule has 0 atom stereocenters. The highest BCUT2D eigenvalue weighted by molar-refractivity contribution is 7.92. The predicted octanol–water partition coefficient (Wildman–Crippen LogP) is 6.36. The molecule has 4 aromatic rings. The van der Waals surface area contributed by atoms with Gasteiger partial charge in [-0.2, -0.15) is 0 Å². The van der Waals surface area contributed by atoms with Gasteiger partial charge in [0, 0.05) is 50.5 Å². The highest BCUT2D eigenvalue weighted by Crippen LogP contribution is 2.31. The van der Waals surface area contributed by atoms with E-state index in [1.54, 1.807) is 12.1 Å². The number of hydrogen-bond acceptors (Lipinski definition) is 5. The van der Waals surface area contributed by atoms with E-state index in [4.69, 9.17) is 23.2 Å². The maximum absolute atomic E-state index is 12.8. The molecule has 0 spiro atoms. The fourth-order valence-electron chi connectivity index (χ4n) is 4.67. The lowest BCUT2D eigenvalue weighted by molar-refractivity contribution is 0.102. The van der Waals surface area contributed by atoms with Crippen LogP contribution in [0.25, 0.3) is 0 Å². The Kier molecular flexibility index (Phi) is 9.27. The summed E-state index contributed by atoms with van der Waals surface area (Å²) in [7, 11) is -3.90. The van der Waals surface area contributed by atoms with Crippen molar-refractivity contribution in [1.82, 2.24) is 9.80 Å². The number of sulfonamides is 1. The van der Waals surface area contributed by atoms with Crippen LogP contribution in [0.15, 0.2) is 102 Å². The van der Waals surface area contributed by atoms with E-state index in [0.717, 1.165) is 44.8 Å². The summed E-state index contributed by atoms with van der Waals surface area (Å²) >= 11 is 12.1. The number of benzene rings is 4. The summed E-state index contributed by atoms with van der Waals surface area (Å²) in [6, 6.07) is 28.7. The third-order valence-electron chi connectivity index (χ3n) is 6.95. The minimum atomic E-state index is -3.90. The normalized spacial score (nSPS) is 14.5. The zero-order chi connectivity index (χ0) is 28.8. The Hall–Kier alpha value is -3.40. The highest BCUT2D eigenvalue weighted by Gasteiger charge is 2.19. The maximum atomic E-state index is 12.8. The van der Waals surface area contributed by atoms with Crippen LogP contribution in [0.4, 0.5) is 11.4 Å². The zero-order valence-corrected chi connectivity index (χ0v) is 24.6. The number of carbonyl (C=O) groups is 1. The molecule has 4 aromatic carbocycles. The second kappa shape index (κ2) is 13.1. The van der Waals surface area contributed by atoms with Crippen LogP contribution in [0.3, 0.4) is 0 Å². The van der Waals surface area contributed by atoms with Gasteiger partial charge in [-0.3, -0.25) is 19.3 Å². The lowest BCUT2D eigenvalue weighted by Crippen LogP contribution is -2.45. The molecular weight excluding hydrogens is 579 g/mol. The Morgan fingerprint density at radius 1 is 0.707 bits per heavy atom. The Labute approximate surface area is 250 Å². The van der Waals surface area contributed by atoms with Gasteiger partial charge >= 0.3 is 0 Å². The summed E-state index contributed by atoms with van der Waals surface area (Å²) in [5.41, 5.74) is 3.68. The fraction of sp³-hybridized carbons (Fsp3) is 0.194. The van der Waals surface area contributed by atoms with Crippen molar-refractivity contribution in [1.29, 1.82) is 0 Å². The van der Waals surface area contributed by atoms with Gasteiger partial charge in [0.15, 0.2) is 0 Å². The first-order valence-corrected chi connectivity index (χ1v) is 15.5. The average molecular weight is 610 g/mol. The summed E-state index contributed by atoms with van der Waals surface area (Å²) in [6.45, 7) is 5.88. The van der Waals surface area contributed by atoms with Crippen LogP contribution in [-0.4, -0.2) is 50.3 Å². The Balaban J connectivity index is 1.12. The smallest absolute Gasteiger partial charge is 0.261 e. The van der Waals surface area contributed by atoms with Crippen molar-refractivity contribution >= 4 is 50.5 Å². The van der Waals surface area contributed by atoms with Crippen molar-refractivity contribution in [3.8, 4) is 0 Å². The number of halogens is 2. The third-order valence-corrected chi connectivity index (χ3v) is 9.15. The number of anilines is 2. The van der Waals surface area contributed by atoms with Crippen LogP contribution in [-0.2, 0) is 23.1 Å². The van der Waals surface area contributed by atoms with Crippen LogP contribution in [0.2, 0.25) is 10.0 Å². The average Bonchev–Trinajstić information content (AvgIpc) is 2.98. The minimum Gasteiger partial charge on any atom is -0.322 e. The molecule has 0 aromatic heterocycles. The van der Waals surface area contributed by atoms with Gasteiger partial charge in [0.25, 0.3) is 15.9 Å². The first-order valence-electron chi connectivity index (χ1n) is 13.2. The molecule has 0 radical (unpaired) electrons. The number of carbonyl (C=O) groups excluding carboxylic acids is 1. The van der Waals surface area contributed by atoms with E-state index in [9.17, 15) is 13.2 Å². The molecule has 5 rings (SSSR count). The van der Waals surface area contributed by atoms with Gasteiger partial charge in [-0.15, -0.1) is 0 Å². The summed E-state index contributed by atoms with van der Waals surface area (Å²) in [6.07, 6.45) is 0. The van der Waals surface area contributed by atoms with E-state index in [-0.39, 0.29) is 26.5 Å². The SMILES string of the molecule is O=C(Nc1ccc(S(=O)(=O)Nc2cccc(Cl)c2Cl)cc1)c1ccc(CN2CCN(Cc3ccccc3)CC2)cc1. The number of nitrogens with one attached hydrogen (secondary N) is 2. The molecule has 1 fully saturated rings. The van der Waals surface area contributed by atoms with Crippen molar-refractivity contribution in [3.63, 3.8) is 0 Å². The van der Waals surface area contributed by atoms with Gasteiger partial charge in [-0.05, 0) is 59.7 Å². The van der Waals surface area contributed by atoms with Crippen LogP contribution >= 0.6 is 23.2 Å². The van der Waals surface area contributed by atoms with E-state index in [2.05, 4.69) is 44.1 Å². The van der Waals surface area contributed by atoms with Crippen LogP contribution < -0.4 is 10.0 Å². The Morgan fingerprint density at radius 2 is 1.29 bits per heavy atom. The molecule has 0 saturated carbocycles. The summed E-state index contributed by atoms with van der Waals surface area (Å²) < 4.78 is 28.0. The van der Waals surface area contributed by atoms with Gasteiger partial charge in [0.05, 0.1) is 20.6 Å². The van der Waals surface area contributed by atoms with E-state index in [0.29, 0.717) is 11.3 Å². The number of rotatable bonds is 9. The number of piperazine rings is 1. The molecule has 1 saturated heterocycles. The van der Waals surface area contributed by atoms with Crippen molar-refractivity contribution in [2.24, 2.45) is 0 Å². The zero-order valence-electron chi connectivity index (χ0n) is 22.3. The second-order valence-electron chi connectivity index (χ2n) is 9.92. The molecule has 1 aliphatic rings. The predicted molar refractivity (Wildman–Crippen MR) is 165 cm³/mol. The number of hydrogen-bond donors (Lipinski definition) is 2. The van der Waals surface area contributed by atoms with Crippen molar-refractivity contribution < 1.29 is 13.2 Å². The van der Waals surface area contributed by atoms with Crippen LogP contribution in [0.1, 0.15) is 21.5 Å². The van der Waals surface area contributed by atoms with E-state index < -0.39 is 10.0 Å². The minimum absolute atomic E-state index is 0.0248. The summed E-state index contributed by atoms with van der Waals surface area (Å²) in [5, 5.41) is 3.19. The molecule has 0 aliphatic carbocycles. The molecule has 0 bridgehead atoms. The van der Waals surface area contributed by atoms with Crippen LogP contribution in [0, 0.1) is 0 Å². The van der Waals surface area contributed by atoms with Crippen molar-refractivity contribution in [3.05, 3.63) is 124 Å². The maximum Gasteiger partial charge on any atom is 0.261 e. The molecule has 1 heterocycles. The third kappa shape index (κ3) is 7.67. The van der Waals surface area contributed by atoms with Crippen molar-refractivity contribution in [2.45, 2.75) is 18.0 Å². The van der Waals surface area contributed by atoms with E-state index in [1.165, 1.54) is 35.9 Å². The Bertz CT molecular complexity index is 1590. The summed E-state index contributed by atoms with van der Waals surface area (Å²) in [5.74, 6) is -0.273. The lowest BCUT2D eigenvalue weighted by Gasteiger charge is -2.34. The molecule has 7 nitrogen and oxygen atoms in total. The molecule has 41 heavy (non-hydrogen) atoms. The molecule has 0 unspecified atom stereocenters. The van der Waals surface area contributed by atoms with Crippen molar-refractivity contribution in [2.75, 3.05) is 36.2 Å². The van der Waals surface area contributed by atoms with Gasteiger partial charge in [-0.1, -0.05) is 71.7 Å². The Morgan fingerprint density at radius 3 is 1.90 bits per heavy atom. The highest BCUT2D eigenvalue weighted by atomic mass is 35.5. The molecule has 1 amide bonds. The lowest BCUT2D eigenvalue weighted by atomic mass is 10.1. The molecule has 212 valence electrons. The molecule has 10 heteroatoms. The first-order chi connectivity index (χ1) is 19.8. The van der Waals surface area contributed by atoms with Gasteiger partial charge < -0.3 is 5.32 Å². The first kappa shape index (κ1) is 29.1. The van der Waals surface area contributed by atoms with E-state index >= 15 is 0 Å². The topological polar surface area (TPSA) is 81.7 Å². The summed E-state index contributed by atoms with van der Waals surface area (Å²) in [4.78, 5) is 17.7. The monoisotopic (exact) mass is 608 g/mol. The largest absolute Gasteiger partial charge is 0.322 e. The second-order valence-corrected chi connectivity index (χ2v) is 12.4. The van der Waals surface area contributed by atoms with Gasteiger partial charge in [0.1, 0.15) is 0 Å². The van der Waals surface area contributed by atoms with Crippen LogP contribution in [0.5, 0.6) is 0 Å². The van der Waals surface area contributed by atoms with E-state index in [1.807, 2.05) is 30.3 Å². The fourth-order valence-corrected chi connectivity index (χ4v) is 6.15.